The molecule has 11 heavy (non-hydrogen) atoms. The predicted octanol–water partition coefficient (Wildman–Crippen LogP) is 0.957. The van der Waals surface area contributed by atoms with Crippen LogP contribution in [0.2, 0.25) is 0 Å². The van der Waals surface area contributed by atoms with Crippen LogP contribution in [-0.4, -0.2) is 17.6 Å². The number of rotatable bonds is 6. The zero-order chi connectivity index (χ0) is 8.53. The van der Waals surface area contributed by atoms with Crippen LogP contribution in [0.15, 0.2) is 10.3 Å². The molecule has 0 aromatic rings. The van der Waals surface area contributed by atoms with Crippen molar-refractivity contribution in [2.24, 2.45) is 16.2 Å². The summed E-state index contributed by atoms with van der Waals surface area (Å²) in [6.07, 6.45) is 2.66. The van der Waals surface area contributed by atoms with Gasteiger partial charge in [0.15, 0.2) is 0 Å². The molecular weight excluding hydrogens is 146 g/mol. The lowest BCUT2D eigenvalue weighted by Crippen LogP contribution is -1.94. The highest BCUT2D eigenvalue weighted by atomic mass is 16.4. The smallest absolute Gasteiger partial charge is 0.303 e. The molecule has 0 bridgehead atoms. The zero-order valence-electron chi connectivity index (χ0n) is 6.36. The summed E-state index contributed by atoms with van der Waals surface area (Å²) >= 11 is 0. The molecule has 0 saturated heterocycles. The second-order valence-electron chi connectivity index (χ2n) is 2.18. The highest BCUT2D eigenvalue weighted by Gasteiger charge is 1.94. The minimum Gasteiger partial charge on any atom is -0.481 e. The Bertz CT molecular complexity index is 136. The van der Waals surface area contributed by atoms with Crippen molar-refractivity contribution in [1.82, 2.24) is 0 Å². The Morgan fingerprint density at radius 3 is 2.64 bits per heavy atom. The minimum absolute atomic E-state index is 0.236. The molecule has 0 spiro atoms. The van der Waals surface area contributed by atoms with Crippen LogP contribution in [0.25, 0.3) is 0 Å². The maximum atomic E-state index is 10.0. The molecule has 3 N–H and O–H groups in total. The molecule has 0 aromatic carbocycles. The van der Waals surface area contributed by atoms with Crippen molar-refractivity contribution in [3.05, 3.63) is 0 Å². The molecule has 0 saturated carbocycles. The first-order valence-electron chi connectivity index (χ1n) is 3.56. The minimum atomic E-state index is -0.745. The van der Waals surface area contributed by atoms with Crippen molar-refractivity contribution < 1.29 is 9.90 Å². The van der Waals surface area contributed by atoms with Crippen molar-refractivity contribution in [3.8, 4) is 0 Å². The van der Waals surface area contributed by atoms with Gasteiger partial charge in [-0.1, -0.05) is 11.6 Å². The highest BCUT2D eigenvalue weighted by Crippen LogP contribution is 1.99. The average Bonchev–Trinajstić information content (AvgIpc) is 1.96. The lowest BCUT2D eigenvalue weighted by Gasteiger charge is -1.93. The SMILES string of the molecule is NN=NCCCCCC(=O)O. The molecule has 0 heterocycles. The molecule has 64 valence electrons. The standard InChI is InChI=1S/C6H13N3O2/c7-9-8-5-3-1-2-4-6(10)11/h1-5H2,(H2,7,8)(H,10,11). The van der Waals surface area contributed by atoms with E-state index >= 15 is 0 Å². The van der Waals surface area contributed by atoms with Crippen molar-refractivity contribution in [1.29, 1.82) is 0 Å². The Morgan fingerprint density at radius 1 is 1.36 bits per heavy atom. The molecular formula is C6H13N3O2. The van der Waals surface area contributed by atoms with Gasteiger partial charge < -0.3 is 10.9 Å². The van der Waals surface area contributed by atoms with Crippen LogP contribution in [0, 0.1) is 0 Å². The van der Waals surface area contributed by atoms with Crippen molar-refractivity contribution in [3.63, 3.8) is 0 Å². The molecule has 0 unspecified atom stereocenters. The summed E-state index contributed by atoms with van der Waals surface area (Å²) in [5.74, 6) is 4.01. The van der Waals surface area contributed by atoms with Gasteiger partial charge in [-0.15, -0.1) is 0 Å². The van der Waals surface area contributed by atoms with E-state index in [0.717, 1.165) is 12.8 Å². The summed E-state index contributed by atoms with van der Waals surface area (Å²) in [4.78, 5) is 10.0. The van der Waals surface area contributed by atoms with Crippen LogP contribution < -0.4 is 5.84 Å². The third-order valence-corrected chi connectivity index (χ3v) is 1.23. The van der Waals surface area contributed by atoms with Crippen LogP contribution in [0.5, 0.6) is 0 Å². The molecule has 5 nitrogen and oxygen atoms in total. The number of hydrogen-bond acceptors (Lipinski definition) is 3. The van der Waals surface area contributed by atoms with E-state index in [0.29, 0.717) is 13.0 Å². The van der Waals surface area contributed by atoms with E-state index in [1.807, 2.05) is 0 Å². The number of aliphatic carboxylic acids is 1. The number of nitrogens with zero attached hydrogens (tertiary/aromatic N) is 2. The van der Waals surface area contributed by atoms with Gasteiger partial charge in [0.1, 0.15) is 0 Å². The van der Waals surface area contributed by atoms with Gasteiger partial charge in [0, 0.05) is 6.42 Å². The van der Waals surface area contributed by atoms with Gasteiger partial charge in [-0.25, -0.2) is 0 Å². The van der Waals surface area contributed by atoms with E-state index in [9.17, 15) is 4.79 Å². The van der Waals surface area contributed by atoms with Gasteiger partial charge in [0.05, 0.1) is 6.54 Å². The number of hydrogen-bond donors (Lipinski definition) is 2. The molecule has 5 heteroatoms. The quantitative estimate of drug-likeness (QED) is 0.262. The van der Waals surface area contributed by atoms with Gasteiger partial charge in [-0.05, 0) is 12.8 Å². The largest absolute Gasteiger partial charge is 0.481 e. The lowest BCUT2D eigenvalue weighted by atomic mass is 10.2. The molecule has 0 rings (SSSR count). The van der Waals surface area contributed by atoms with Gasteiger partial charge in [-0.2, -0.15) is 5.11 Å². The number of carboxylic acids is 1. The number of nitrogens with two attached hydrogens (primary N) is 1. The third-order valence-electron chi connectivity index (χ3n) is 1.23. The lowest BCUT2D eigenvalue weighted by molar-refractivity contribution is -0.137. The molecule has 0 aliphatic carbocycles. The van der Waals surface area contributed by atoms with E-state index in [1.165, 1.54) is 0 Å². The Balaban J connectivity index is 2.96. The Labute approximate surface area is 65.3 Å². The summed E-state index contributed by atoms with van der Waals surface area (Å²) in [6.45, 7) is 0.593. The average molecular weight is 159 g/mol. The second-order valence-corrected chi connectivity index (χ2v) is 2.18. The third kappa shape index (κ3) is 8.87. The predicted molar refractivity (Wildman–Crippen MR) is 40.0 cm³/mol. The fourth-order valence-corrected chi connectivity index (χ4v) is 0.693. The second kappa shape index (κ2) is 6.98. The van der Waals surface area contributed by atoms with Crippen LogP contribution in [0.4, 0.5) is 0 Å². The fourth-order valence-electron chi connectivity index (χ4n) is 0.693. The molecule has 0 aliphatic heterocycles. The van der Waals surface area contributed by atoms with E-state index in [1.54, 1.807) is 0 Å². The summed E-state index contributed by atoms with van der Waals surface area (Å²) in [5.41, 5.74) is 0. The number of unbranched alkanes of at least 4 members (excludes halogenated alkanes) is 2. The van der Waals surface area contributed by atoms with Gasteiger partial charge >= 0.3 is 5.97 Å². The molecule has 0 radical (unpaired) electrons. The Hall–Kier alpha value is -1.13. The maximum absolute atomic E-state index is 10.0. The van der Waals surface area contributed by atoms with E-state index in [4.69, 9.17) is 10.9 Å². The van der Waals surface area contributed by atoms with Crippen LogP contribution in [0.1, 0.15) is 25.7 Å². The fraction of sp³-hybridized carbons (Fsp3) is 0.833. The Kier molecular flexibility index (Phi) is 6.27. The summed E-state index contributed by atoms with van der Waals surface area (Å²) in [5, 5.41) is 14.9. The summed E-state index contributed by atoms with van der Waals surface area (Å²) < 4.78 is 0. The van der Waals surface area contributed by atoms with Crippen LogP contribution >= 0.6 is 0 Å². The summed E-state index contributed by atoms with van der Waals surface area (Å²) in [6, 6.07) is 0. The topological polar surface area (TPSA) is 88.0 Å². The van der Waals surface area contributed by atoms with Crippen LogP contribution in [0.3, 0.4) is 0 Å². The molecule has 0 atom stereocenters. The van der Waals surface area contributed by atoms with Crippen molar-refractivity contribution in [2.45, 2.75) is 25.7 Å². The van der Waals surface area contributed by atoms with Gasteiger partial charge in [-0.3, -0.25) is 4.79 Å². The monoisotopic (exact) mass is 159 g/mol. The van der Waals surface area contributed by atoms with Gasteiger partial charge in [0.2, 0.25) is 0 Å². The first-order chi connectivity index (χ1) is 5.27. The van der Waals surface area contributed by atoms with E-state index in [2.05, 4.69) is 10.3 Å². The maximum Gasteiger partial charge on any atom is 0.303 e. The van der Waals surface area contributed by atoms with E-state index < -0.39 is 5.97 Å². The molecule has 0 aliphatic rings. The molecule has 0 fully saturated rings. The first-order valence-corrected chi connectivity index (χ1v) is 3.56. The molecule has 0 amide bonds. The number of carboxylic acid groups (broad SMARTS) is 1. The normalized spacial score (nSPS) is 10.5. The number of carbonyl (C=O) groups is 1. The van der Waals surface area contributed by atoms with Crippen LogP contribution in [-0.2, 0) is 4.79 Å². The van der Waals surface area contributed by atoms with Crippen molar-refractivity contribution >= 4 is 5.97 Å². The zero-order valence-corrected chi connectivity index (χ0v) is 6.36. The van der Waals surface area contributed by atoms with E-state index in [-0.39, 0.29) is 6.42 Å². The first kappa shape index (κ1) is 9.87. The van der Waals surface area contributed by atoms with Crippen molar-refractivity contribution in [2.75, 3.05) is 6.54 Å². The molecule has 0 aromatic heterocycles. The van der Waals surface area contributed by atoms with Gasteiger partial charge in [0.25, 0.3) is 0 Å². The Morgan fingerprint density at radius 2 is 2.09 bits per heavy atom. The highest BCUT2D eigenvalue weighted by molar-refractivity contribution is 5.66. The summed E-state index contributed by atoms with van der Waals surface area (Å²) in [7, 11) is 0.